The van der Waals surface area contributed by atoms with Gasteiger partial charge in [0.15, 0.2) is 0 Å². The highest BCUT2D eigenvalue weighted by Crippen LogP contribution is 2.18. The largest absolute Gasteiger partial charge is 0.344 e. The van der Waals surface area contributed by atoms with Crippen molar-refractivity contribution in [1.29, 1.82) is 0 Å². The lowest BCUT2D eigenvalue weighted by Gasteiger charge is -2.17. The van der Waals surface area contributed by atoms with E-state index in [0.717, 1.165) is 35.9 Å². The lowest BCUT2D eigenvalue weighted by atomic mass is 10.2. The van der Waals surface area contributed by atoms with E-state index >= 15 is 0 Å². The van der Waals surface area contributed by atoms with Crippen molar-refractivity contribution in [2.45, 2.75) is 13.3 Å². The molecule has 0 aliphatic rings. The zero-order valence-electron chi connectivity index (χ0n) is 12.6. The fourth-order valence-electron chi connectivity index (χ4n) is 2.15. The lowest BCUT2D eigenvalue weighted by Crippen LogP contribution is -2.22. The van der Waals surface area contributed by atoms with Crippen LogP contribution < -0.4 is 4.90 Å². The Morgan fingerprint density at radius 2 is 1.91 bits per heavy atom. The molecule has 0 saturated carbocycles. The van der Waals surface area contributed by atoms with Gasteiger partial charge in [0, 0.05) is 49.0 Å². The minimum Gasteiger partial charge on any atom is -0.344 e. The second-order valence-corrected chi connectivity index (χ2v) is 5.95. The van der Waals surface area contributed by atoms with Crippen LogP contribution in [0.3, 0.4) is 0 Å². The van der Waals surface area contributed by atoms with Gasteiger partial charge in [-0.1, -0.05) is 0 Å². The fourth-order valence-corrected chi connectivity index (χ4v) is 2.92. The van der Waals surface area contributed by atoms with Gasteiger partial charge in [0.05, 0.1) is 16.9 Å². The monoisotopic (exact) mass is 311 g/mol. The number of aryl methyl sites for hydroxylation is 1. The van der Waals surface area contributed by atoms with Crippen LogP contribution in [-0.2, 0) is 6.42 Å². The molecule has 112 valence electrons. The van der Waals surface area contributed by atoms with Crippen LogP contribution in [0.25, 0.3) is 11.3 Å². The summed E-state index contributed by atoms with van der Waals surface area (Å²) in [6.45, 7) is 2.91. The first-order valence-electron chi connectivity index (χ1n) is 7.07. The van der Waals surface area contributed by atoms with Crippen molar-refractivity contribution in [3.8, 4) is 11.3 Å². The first-order valence-corrected chi connectivity index (χ1v) is 7.95. The molecule has 0 aromatic carbocycles. The third-order valence-corrected chi connectivity index (χ3v) is 4.47. The first kappa shape index (κ1) is 14.6. The van der Waals surface area contributed by atoms with Crippen LogP contribution in [0.2, 0.25) is 0 Å². The summed E-state index contributed by atoms with van der Waals surface area (Å²) in [7, 11) is 2.02. The van der Waals surface area contributed by atoms with Crippen LogP contribution in [0.5, 0.6) is 0 Å². The molecule has 0 aliphatic heterocycles. The van der Waals surface area contributed by atoms with Gasteiger partial charge in [-0.2, -0.15) is 0 Å². The molecule has 0 unspecified atom stereocenters. The Bertz CT molecular complexity index is 741. The van der Waals surface area contributed by atoms with E-state index in [2.05, 4.69) is 24.8 Å². The fraction of sp³-hybridized carbons (Fsp3) is 0.250. The van der Waals surface area contributed by atoms with Gasteiger partial charge < -0.3 is 4.90 Å². The highest BCUT2D eigenvalue weighted by Gasteiger charge is 2.08. The SMILES string of the molecule is Cc1ncsc1CCN(C)c1nccc(-c2ccncc2)n1. The maximum Gasteiger partial charge on any atom is 0.225 e. The van der Waals surface area contributed by atoms with E-state index < -0.39 is 0 Å². The van der Waals surface area contributed by atoms with Gasteiger partial charge in [0.25, 0.3) is 0 Å². The molecular weight excluding hydrogens is 294 g/mol. The van der Waals surface area contributed by atoms with Crippen LogP contribution in [0.15, 0.2) is 42.3 Å². The van der Waals surface area contributed by atoms with Crippen molar-refractivity contribution >= 4 is 17.3 Å². The Kier molecular flexibility index (Phi) is 4.39. The molecule has 3 heterocycles. The molecule has 5 nitrogen and oxygen atoms in total. The standard InChI is InChI=1S/C16H17N5S/c1-12-15(22-11-19-12)6-10-21(2)16-18-9-5-14(20-16)13-3-7-17-8-4-13/h3-5,7-9,11H,6,10H2,1-2H3. The topological polar surface area (TPSA) is 54.8 Å². The van der Waals surface area contributed by atoms with Crippen LogP contribution in [-0.4, -0.2) is 33.5 Å². The van der Waals surface area contributed by atoms with Crippen molar-refractivity contribution in [1.82, 2.24) is 19.9 Å². The normalized spacial score (nSPS) is 10.6. The van der Waals surface area contributed by atoms with Crippen molar-refractivity contribution in [3.05, 3.63) is 52.9 Å². The predicted octanol–water partition coefficient (Wildman–Crippen LogP) is 2.98. The summed E-state index contributed by atoms with van der Waals surface area (Å²) in [5.41, 5.74) is 4.97. The van der Waals surface area contributed by atoms with Crippen molar-refractivity contribution in [3.63, 3.8) is 0 Å². The molecule has 0 saturated heterocycles. The summed E-state index contributed by atoms with van der Waals surface area (Å²) in [6, 6.07) is 5.82. The molecule has 3 aromatic rings. The number of hydrogen-bond acceptors (Lipinski definition) is 6. The van der Waals surface area contributed by atoms with E-state index in [9.17, 15) is 0 Å². The zero-order valence-corrected chi connectivity index (χ0v) is 13.4. The van der Waals surface area contributed by atoms with Gasteiger partial charge in [-0.25, -0.2) is 15.0 Å². The van der Waals surface area contributed by atoms with Gasteiger partial charge in [-0.3, -0.25) is 4.98 Å². The molecule has 0 fully saturated rings. The number of rotatable bonds is 5. The number of nitrogens with zero attached hydrogens (tertiary/aromatic N) is 5. The van der Waals surface area contributed by atoms with Crippen molar-refractivity contribution in [2.75, 3.05) is 18.5 Å². The number of pyridine rings is 1. The molecule has 6 heteroatoms. The molecular formula is C16H17N5S. The van der Waals surface area contributed by atoms with E-state index in [1.54, 1.807) is 29.9 Å². The quantitative estimate of drug-likeness (QED) is 0.725. The van der Waals surface area contributed by atoms with Gasteiger partial charge in [0.1, 0.15) is 0 Å². The second kappa shape index (κ2) is 6.62. The maximum absolute atomic E-state index is 4.64. The van der Waals surface area contributed by atoms with Crippen molar-refractivity contribution < 1.29 is 0 Å². The molecule has 3 rings (SSSR count). The van der Waals surface area contributed by atoms with Gasteiger partial charge in [-0.15, -0.1) is 11.3 Å². The number of anilines is 1. The minimum atomic E-state index is 0.733. The van der Waals surface area contributed by atoms with Gasteiger partial charge in [-0.05, 0) is 25.1 Å². The van der Waals surface area contributed by atoms with E-state index in [1.807, 2.05) is 37.7 Å². The smallest absolute Gasteiger partial charge is 0.225 e. The Labute approximate surface area is 133 Å². The Morgan fingerprint density at radius 1 is 1.09 bits per heavy atom. The summed E-state index contributed by atoms with van der Waals surface area (Å²) in [6.07, 6.45) is 6.29. The summed E-state index contributed by atoms with van der Waals surface area (Å²) in [5.74, 6) is 0.733. The van der Waals surface area contributed by atoms with Crippen molar-refractivity contribution in [2.24, 2.45) is 0 Å². The zero-order chi connectivity index (χ0) is 15.4. The molecule has 0 radical (unpaired) electrons. The molecule has 3 aromatic heterocycles. The number of thiazole rings is 1. The molecule has 0 aliphatic carbocycles. The van der Waals surface area contributed by atoms with E-state index in [4.69, 9.17) is 0 Å². The highest BCUT2D eigenvalue weighted by atomic mass is 32.1. The van der Waals surface area contributed by atoms with Crippen LogP contribution in [0.1, 0.15) is 10.6 Å². The summed E-state index contributed by atoms with van der Waals surface area (Å²) in [5, 5.41) is 0. The van der Waals surface area contributed by atoms with Crippen LogP contribution >= 0.6 is 11.3 Å². The average Bonchev–Trinajstić information content (AvgIpc) is 2.99. The average molecular weight is 311 g/mol. The summed E-state index contributed by atoms with van der Waals surface area (Å²) >= 11 is 1.70. The number of aromatic nitrogens is 4. The minimum absolute atomic E-state index is 0.733. The molecule has 0 spiro atoms. The number of likely N-dealkylation sites (N-methyl/N-ethyl adjacent to an activating group) is 1. The van der Waals surface area contributed by atoms with E-state index in [1.165, 1.54) is 4.88 Å². The summed E-state index contributed by atoms with van der Waals surface area (Å²) < 4.78 is 0. The Balaban J connectivity index is 1.73. The molecule has 0 atom stereocenters. The number of hydrogen-bond donors (Lipinski definition) is 0. The Morgan fingerprint density at radius 3 is 2.64 bits per heavy atom. The molecule has 22 heavy (non-hydrogen) atoms. The highest BCUT2D eigenvalue weighted by molar-refractivity contribution is 7.09. The van der Waals surface area contributed by atoms with Gasteiger partial charge >= 0.3 is 0 Å². The van der Waals surface area contributed by atoms with E-state index in [0.29, 0.717) is 0 Å². The van der Waals surface area contributed by atoms with Gasteiger partial charge in [0.2, 0.25) is 5.95 Å². The maximum atomic E-state index is 4.64. The summed E-state index contributed by atoms with van der Waals surface area (Å²) in [4.78, 5) is 20.7. The second-order valence-electron chi connectivity index (χ2n) is 5.01. The molecule has 0 amide bonds. The van der Waals surface area contributed by atoms with E-state index in [-0.39, 0.29) is 0 Å². The molecule has 0 N–H and O–H groups in total. The first-order chi connectivity index (χ1) is 10.7. The third kappa shape index (κ3) is 3.28. The van der Waals surface area contributed by atoms with Crippen LogP contribution in [0, 0.1) is 6.92 Å². The lowest BCUT2D eigenvalue weighted by molar-refractivity contribution is 0.841. The predicted molar refractivity (Wildman–Crippen MR) is 89.1 cm³/mol. The Hall–Kier alpha value is -2.34. The molecule has 0 bridgehead atoms. The van der Waals surface area contributed by atoms with Crippen LogP contribution in [0.4, 0.5) is 5.95 Å². The third-order valence-electron chi connectivity index (χ3n) is 3.48.